The molecule has 0 aromatic carbocycles. The Kier molecular flexibility index (Phi) is 1.82. The van der Waals surface area contributed by atoms with Crippen LogP contribution in [0.4, 0.5) is 0 Å². The van der Waals surface area contributed by atoms with Gasteiger partial charge in [0.2, 0.25) is 11.8 Å². The third-order valence-corrected chi connectivity index (χ3v) is 1.91. The SMILES string of the molecule is ClCCc1nnc(C2CC2)o1. The summed E-state index contributed by atoms with van der Waals surface area (Å²) in [6.45, 7) is 0. The van der Waals surface area contributed by atoms with Crippen molar-refractivity contribution in [3.63, 3.8) is 0 Å². The molecule has 1 aliphatic rings. The molecule has 0 aliphatic heterocycles. The lowest BCUT2D eigenvalue weighted by molar-refractivity contribution is 0.456. The fraction of sp³-hybridized carbons (Fsp3) is 0.714. The second-order valence-electron chi connectivity index (χ2n) is 2.75. The highest BCUT2D eigenvalue weighted by Gasteiger charge is 2.29. The zero-order chi connectivity index (χ0) is 7.68. The Hall–Kier alpha value is -0.570. The Morgan fingerprint density at radius 1 is 1.45 bits per heavy atom. The zero-order valence-electron chi connectivity index (χ0n) is 6.09. The molecule has 1 aromatic rings. The molecular weight excluding hydrogens is 164 g/mol. The van der Waals surface area contributed by atoms with Crippen LogP contribution in [0.15, 0.2) is 4.42 Å². The molecule has 1 saturated carbocycles. The fourth-order valence-corrected chi connectivity index (χ4v) is 1.11. The topological polar surface area (TPSA) is 38.9 Å². The lowest BCUT2D eigenvalue weighted by Gasteiger charge is -1.85. The molecule has 0 unspecified atom stereocenters. The maximum Gasteiger partial charge on any atom is 0.219 e. The van der Waals surface area contributed by atoms with Crippen LogP contribution in [0.5, 0.6) is 0 Å². The smallest absolute Gasteiger partial charge is 0.219 e. The molecule has 1 aromatic heterocycles. The Morgan fingerprint density at radius 3 is 2.91 bits per heavy atom. The first-order valence-corrected chi connectivity index (χ1v) is 4.32. The number of aromatic nitrogens is 2. The third-order valence-electron chi connectivity index (χ3n) is 1.72. The molecule has 3 nitrogen and oxygen atoms in total. The van der Waals surface area contributed by atoms with Gasteiger partial charge in [-0.1, -0.05) is 0 Å². The standard InChI is InChI=1S/C7H9ClN2O/c8-4-3-6-9-10-7(11-6)5-1-2-5/h5H,1-4H2. The summed E-state index contributed by atoms with van der Waals surface area (Å²) in [5, 5.41) is 7.79. The maximum atomic E-state index is 5.51. The van der Waals surface area contributed by atoms with Gasteiger partial charge in [-0.25, -0.2) is 0 Å². The number of rotatable bonds is 3. The van der Waals surface area contributed by atoms with Crippen LogP contribution in [0.1, 0.15) is 30.5 Å². The summed E-state index contributed by atoms with van der Waals surface area (Å²) in [5.41, 5.74) is 0. The van der Waals surface area contributed by atoms with Crippen molar-refractivity contribution >= 4 is 11.6 Å². The highest BCUT2D eigenvalue weighted by atomic mass is 35.5. The van der Waals surface area contributed by atoms with Crippen LogP contribution in [0.25, 0.3) is 0 Å². The Balaban J connectivity index is 2.06. The predicted molar refractivity (Wildman–Crippen MR) is 40.7 cm³/mol. The van der Waals surface area contributed by atoms with E-state index in [1.165, 1.54) is 12.8 Å². The van der Waals surface area contributed by atoms with Crippen molar-refractivity contribution in [3.05, 3.63) is 11.8 Å². The predicted octanol–water partition coefficient (Wildman–Crippen LogP) is 1.73. The van der Waals surface area contributed by atoms with Crippen molar-refractivity contribution in [2.45, 2.75) is 25.2 Å². The van der Waals surface area contributed by atoms with Gasteiger partial charge in [-0.2, -0.15) is 0 Å². The van der Waals surface area contributed by atoms with Gasteiger partial charge >= 0.3 is 0 Å². The van der Waals surface area contributed by atoms with Gasteiger partial charge in [0.05, 0.1) is 0 Å². The van der Waals surface area contributed by atoms with Crippen molar-refractivity contribution < 1.29 is 4.42 Å². The number of halogens is 1. The average molecular weight is 173 g/mol. The minimum atomic E-state index is 0.548. The van der Waals surface area contributed by atoms with Crippen LogP contribution in [0, 0.1) is 0 Å². The number of hydrogen-bond donors (Lipinski definition) is 0. The molecule has 60 valence electrons. The molecule has 0 spiro atoms. The van der Waals surface area contributed by atoms with Gasteiger partial charge in [0.25, 0.3) is 0 Å². The quantitative estimate of drug-likeness (QED) is 0.652. The van der Waals surface area contributed by atoms with E-state index in [1.54, 1.807) is 0 Å². The van der Waals surface area contributed by atoms with Crippen molar-refractivity contribution in [2.75, 3.05) is 5.88 Å². The molecule has 0 saturated heterocycles. The summed E-state index contributed by atoms with van der Waals surface area (Å²) in [4.78, 5) is 0. The van der Waals surface area contributed by atoms with Crippen LogP contribution in [0.2, 0.25) is 0 Å². The van der Waals surface area contributed by atoms with E-state index < -0.39 is 0 Å². The second kappa shape index (κ2) is 2.81. The van der Waals surface area contributed by atoms with E-state index in [4.69, 9.17) is 16.0 Å². The molecule has 0 amide bonds. The fourth-order valence-electron chi connectivity index (χ4n) is 0.944. The van der Waals surface area contributed by atoms with Crippen molar-refractivity contribution in [3.8, 4) is 0 Å². The number of aryl methyl sites for hydroxylation is 1. The van der Waals surface area contributed by atoms with Gasteiger partial charge in [0.15, 0.2) is 0 Å². The molecular formula is C7H9ClN2O. The van der Waals surface area contributed by atoms with Gasteiger partial charge in [0, 0.05) is 18.2 Å². The van der Waals surface area contributed by atoms with E-state index in [2.05, 4.69) is 10.2 Å². The third kappa shape index (κ3) is 1.53. The van der Waals surface area contributed by atoms with E-state index in [-0.39, 0.29) is 0 Å². The Morgan fingerprint density at radius 2 is 2.27 bits per heavy atom. The summed E-state index contributed by atoms with van der Waals surface area (Å²) in [7, 11) is 0. The Labute approximate surface area is 69.8 Å². The molecule has 11 heavy (non-hydrogen) atoms. The normalized spacial score (nSPS) is 17.2. The number of nitrogens with zero attached hydrogens (tertiary/aromatic N) is 2. The first-order valence-electron chi connectivity index (χ1n) is 3.78. The van der Waals surface area contributed by atoms with Crippen LogP contribution < -0.4 is 0 Å². The number of hydrogen-bond acceptors (Lipinski definition) is 3. The minimum absolute atomic E-state index is 0.548. The van der Waals surface area contributed by atoms with E-state index in [1.807, 2.05) is 0 Å². The average Bonchev–Trinajstić information content (AvgIpc) is 2.75. The highest BCUT2D eigenvalue weighted by Crippen LogP contribution is 2.38. The lowest BCUT2D eigenvalue weighted by Crippen LogP contribution is -1.84. The molecule has 0 N–H and O–H groups in total. The lowest BCUT2D eigenvalue weighted by atomic mass is 10.4. The zero-order valence-corrected chi connectivity index (χ0v) is 6.84. The van der Waals surface area contributed by atoms with Crippen LogP contribution in [-0.2, 0) is 6.42 Å². The summed E-state index contributed by atoms with van der Waals surface area (Å²) in [6.07, 6.45) is 3.08. The maximum absolute atomic E-state index is 5.51. The minimum Gasteiger partial charge on any atom is -0.425 e. The summed E-state index contributed by atoms with van der Waals surface area (Å²) >= 11 is 5.51. The summed E-state index contributed by atoms with van der Waals surface area (Å²) in [5.74, 6) is 2.56. The molecule has 1 heterocycles. The Bertz CT molecular complexity index is 244. The van der Waals surface area contributed by atoms with Crippen LogP contribution in [0.3, 0.4) is 0 Å². The van der Waals surface area contributed by atoms with Crippen molar-refractivity contribution in [2.24, 2.45) is 0 Å². The molecule has 1 aliphatic carbocycles. The monoisotopic (exact) mass is 172 g/mol. The van der Waals surface area contributed by atoms with E-state index >= 15 is 0 Å². The van der Waals surface area contributed by atoms with Crippen molar-refractivity contribution in [1.82, 2.24) is 10.2 Å². The second-order valence-corrected chi connectivity index (χ2v) is 3.13. The molecule has 0 atom stereocenters. The van der Waals surface area contributed by atoms with E-state index in [0.29, 0.717) is 24.1 Å². The molecule has 4 heteroatoms. The van der Waals surface area contributed by atoms with E-state index in [9.17, 15) is 0 Å². The van der Waals surface area contributed by atoms with Gasteiger partial charge in [0.1, 0.15) is 0 Å². The van der Waals surface area contributed by atoms with Crippen LogP contribution in [-0.4, -0.2) is 16.1 Å². The molecule has 0 bridgehead atoms. The summed E-state index contributed by atoms with van der Waals surface area (Å²) < 4.78 is 5.34. The van der Waals surface area contributed by atoms with Crippen LogP contribution >= 0.6 is 11.6 Å². The van der Waals surface area contributed by atoms with Gasteiger partial charge in [-0.3, -0.25) is 0 Å². The van der Waals surface area contributed by atoms with Crippen molar-refractivity contribution in [1.29, 1.82) is 0 Å². The largest absolute Gasteiger partial charge is 0.425 e. The summed E-state index contributed by atoms with van der Waals surface area (Å²) in [6, 6.07) is 0. The molecule has 2 rings (SSSR count). The number of alkyl halides is 1. The van der Waals surface area contributed by atoms with E-state index in [0.717, 1.165) is 5.89 Å². The molecule has 1 fully saturated rings. The van der Waals surface area contributed by atoms with Gasteiger partial charge in [-0.05, 0) is 12.8 Å². The molecule has 0 radical (unpaired) electrons. The first kappa shape index (κ1) is 7.10. The highest BCUT2D eigenvalue weighted by molar-refractivity contribution is 6.17. The van der Waals surface area contributed by atoms with Gasteiger partial charge in [-0.15, -0.1) is 21.8 Å². The first-order chi connectivity index (χ1) is 5.40. The van der Waals surface area contributed by atoms with Gasteiger partial charge < -0.3 is 4.42 Å².